The number of hydrogen-bond acceptors (Lipinski definition) is 4. The second kappa shape index (κ2) is 3.84. The number of carbonyl (C=O) groups is 1. The van der Waals surface area contributed by atoms with Gasteiger partial charge in [-0.1, -0.05) is 0 Å². The van der Waals surface area contributed by atoms with Gasteiger partial charge in [0.15, 0.2) is 0 Å². The van der Waals surface area contributed by atoms with E-state index in [2.05, 4.69) is 15.3 Å². The number of nitrogens with zero attached hydrogens (tertiary/aromatic N) is 2. The molecule has 0 bridgehead atoms. The molecule has 1 N–H and O–H groups in total. The van der Waals surface area contributed by atoms with Gasteiger partial charge in [-0.25, -0.2) is 9.97 Å². The molecule has 2 heterocycles. The average molecular weight is 191 g/mol. The maximum atomic E-state index is 11.6. The van der Waals surface area contributed by atoms with E-state index in [1.807, 2.05) is 13.0 Å². The zero-order chi connectivity index (χ0) is 9.97. The van der Waals surface area contributed by atoms with Crippen molar-refractivity contribution in [1.82, 2.24) is 15.3 Å². The molecule has 0 aromatic carbocycles. The molecule has 1 aromatic rings. The molecule has 1 unspecified atom stereocenters. The van der Waals surface area contributed by atoms with Crippen LogP contribution in [0.4, 0.5) is 0 Å². The Labute approximate surface area is 82.8 Å². The van der Waals surface area contributed by atoms with Gasteiger partial charge in [0.2, 0.25) is 0 Å². The van der Waals surface area contributed by atoms with Crippen molar-refractivity contribution in [3.05, 3.63) is 23.8 Å². The Morgan fingerprint density at radius 2 is 2.36 bits per heavy atom. The lowest BCUT2D eigenvalue weighted by Crippen LogP contribution is -2.35. The number of nitrogens with one attached hydrogen (secondary N) is 1. The number of aromatic nitrogens is 2. The van der Waals surface area contributed by atoms with Crippen LogP contribution in [0.25, 0.3) is 0 Å². The van der Waals surface area contributed by atoms with E-state index in [1.165, 1.54) is 6.33 Å². The minimum atomic E-state index is -0.0783. The van der Waals surface area contributed by atoms with Crippen LogP contribution in [-0.2, 0) is 4.79 Å². The Hall–Kier alpha value is -1.29. The molecular formula is C10H13N3O. The van der Waals surface area contributed by atoms with E-state index >= 15 is 0 Å². The van der Waals surface area contributed by atoms with Crippen LogP contribution in [-0.4, -0.2) is 28.8 Å². The van der Waals surface area contributed by atoms with E-state index in [0.29, 0.717) is 13.0 Å². The Kier molecular flexibility index (Phi) is 2.54. The second-order valence-electron chi connectivity index (χ2n) is 3.56. The first kappa shape index (κ1) is 9.27. The number of piperidine rings is 1. The summed E-state index contributed by atoms with van der Waals surface area (Å²) in [6, 6.07) is 1.88. The molecule has 14 heavy (non-hydrogen) atoms. The normalized spacial score (nSPS) is 22.4. The first-order chi connectivity index (χ1) is 6.77. The maximum Gasteiger partial charge on any atom is 0.144 e. The largest absolute Gasteiger partial charge is 0.315 e. The van der Waals surface area contributed by atoms with Crippen LogP contribution in [0.3, 0.4) is 0 Å². The van der Waals surface area contributed by atoms with Crippen molar-refractivity contribution in [2.24, 2.45) is 0 Å². The van der Waals surface area contributed by atoms with E-state index < -0.39 is 0 Å². The molecule has 1 aliphatic rings. The van der Waals surface area contributed by atoms with E-state index in [-0.39, 0.29) is 11.7 Å². The number of ketones is 1. The number of hydrogen-bond donors (Lipinski definition) is 1. The van der Waals surface area contributed by atoms with E-state index in [9.17, 15) is 4.79 Å². The van der Waals surface area contributed by atoms with Crippen LogP contribution in [0.5, 0.6) is 0 Å². The number of rotatable bonds is 1. The molecule has 74 valence electrons. The molecule has 4 nitrogen and oxygen atoms in total. The van der Waals surface area contributed by atoms with Gasteiger partial charge in [-0.2, -0.15) is 0 Å². The topological polar surface area (TPSA) is 54.9 Å². The van der Waals surface area contributed by atoms with Crippen molar-refractivity contribution in [3.8, 4) is 0 Å². The fraction of sp³-hybridized carbons (Fsp3) is 0.500. The molecule has 1 fully saturated rings. The quantitative estimate of drug-likeness (QED) is 0.699. The van der Waals surface area contributed by atoms with E-state index in [1.54, 1.807) is 0 Å². The summed E-state index contributed by atoms with van der Waals surface area (Å²) in [6.45, 7) is 3.40. The van der Waals surface area contributed by atoms with Crippen LogP contribution in [0.1, 0.15) is 23.7 Å². The first-order valence-corrected chi connectivity index (χ1v) is 4.79. The Morgan fingerprint density at radius 3 is 3.07 bits per heavy atom. The van der Waals surface area contributed by atoms with E-state index in [4.69, 9.17) is 0 Å². The summed E-state index contributed by atoms with van der Waals surface area (Å²) in [5, 5.41) is 3.20. The highest BCUT2D eigenvalue weighted by atomic mass is 16.1. The highest BCUT2D eigenvalue weighted by molar-refractivity contribution is 5.86. The molecule has 1 saturated heterocycles. The van der Waals surface area contributed by atoms with Gasteiger partial charge in [0, 0.05) is 25.2 Å². The molecule has 4 heteroatoms. The summed E-state index contributed by atoms with van der Waals surface area (Å²) in [4.78, 5) is 19.8. The van der Waals surface area contributed by atoms with Gasteiger partial charge in [0.05, 0.1) is 11.6 Å². The van der Waals surface area contributed by atoms with Crippen LogP contribution in [0, 0.1) is 6.92 Å². The summed E-state index contributed by atoms with van der Waals surface area (Å²) in [7, 11) is 0. The van der Waals surface area contributed by atoms with Crippen LogP contribution < -0.4 is 5.32 Å². The zero-order valence-corrected chi connectivity index (χ0v) is 8.16. The predicted octanol–water partition coefficient (Wildman–Crippen LogP) is 0.431. The molecule has 0 saturated carbocycles. The fourth-order valence-electron chi connectivity index (χ4n) is 1.68. The third-order valence-corrected chi connectivity index (χ3v) is 2.47. The average Bonchev–Trinajstić information content (AvgIpc) is 2.18. The number of Topliss-reactive ketones (excluding diaryl/α,β-unsaturated/α-hetero) is 1. The summed E-state index contributed by atoms with van der Waals surface area (Å²) >= 11 is 0. The lowest BCUT2D eigenvalue weighted by atomic mass is 9.94. The van der Waals surface area contributed by atoms with Crippen molar-refractivity contribution in [2.75, 3.05) is 13.1 Å². The van der Waals surface area contributed by atoms with Crippen LogP contribution in [0.2, 0.25) is 0 Å². The summed E-state index contributed by atoms with van der Waals surface area (Å²) in [6.07, 6.45) is 2.13. The standard InChI is InChI=1S/C10H13N3O/c1-7-4-9(13-6-12-7)8-5-11-3-2-10(8)14/h4,6,8,11H,2-3,5H2,1H3. The van der Waals surface area contributed by atoms with Gasteiger partial charge in [-0.05, 0) is 13.0 Å². The van der Waals surface area contributed by atoms with Crippen molar-refractivity contribution in [3.63, 3.8) is 0 Å². The Bertz CT molecular complexity index is 351. The van der Waals surface area contributed by atoms with E-state index in [0.717, 1.165) is 17.9 Å². The molecular weight excluding hydrogens is 178 g/mol. The van der Waals surface area contributed by atoms with Crippen molar-refractivity contribution in [2.45, 2.75) is 19.3 Å². The van der Waals surface area contributed by atoms with Gasteiger partial charge < -0.3 is 5.32 Å². The first-order valence-electron chi connectivity index (χ1n) is 4.79. The molecule has 2 rings (SSSR count). The predicted molar refractivity (Wildman–Crippen MR) is 52.0 cm³/mol. The summed E-state index contributed by atoms with van der Waals surface area (Å²) < 4.78 is 0. The molecule has 1 aromatic heterocycles. The van der Waals surface area contributed by atoms with Gasteiger partial charge in [0.1, 0.15) is 12.1 Å². The lowest BCUT2D eigenvalue weighted by molar-refractivity contribution is -0.121. The van der Waals surface area contributed by atoms with Gasteiger partial charge in [-0.15, -0.1) is 0 Å². The maximum absolute atomic E-state index is 11.6. The number of aryl methyl sites for hydroxylation is 1. The third-order valence-electron chi connectivity index (χ3n) is 2.47. The molecule has 1 atom stereocenters. The minimum absolute atomic E-state index is 0.0783. The zero-order valence-electron chi connectivity index (χ0n) is 8.16. The fourth-order valence-corrected chi connectivity index (χ4v) is 1.68. The molecule has 0 spiro atoms. The second-order valence-corrected chi connectivity index (χ2v) is 3.56. The summed E-state index contributed by atoms with van der Waals surface area (Å²) in [5.74, 6) is 0.201. The third kappa shape index (κ3) is 1.80. The molecule has 0 aliphatic carbocycles. The Morgan fingerprint density at radius 1 is 1.50 bits per heavy atom. The van der Waals surface area contributed by atoms with Crippen molar-refractivity contribution in [1.29, 1.82) is 0 Å². The molecule has 0 amide bonds. The monoisotopic (exact) mass is 191 g/mol. The lowest BCUT2D eigenvalue weighted by Gasteiger charge is -2.20. The van der Waals surface area contributed by atoms with Crippen molar-refractivity contribution >= 4 is 5.78 Å². The van der Waals surface area contributed by atoms with Crippen molar-refractivity contribution < 1.29 is 4.79 Å². The number of carbonyl (C=O) groups excluding carboxylic acids is 1. The smallest absolute Gasteiger partial charge is 0.144 e. The highest BCUT2D eigenvalue weighted by Crippen LogP contribution is 2.17. The van der Waals surface area contributed by atoms with Crippen LogP contribution >= 0.6 is 0 Å². The summed E-state index contributed by atoms with van der Waals surface area (Å²) in [5.41, 5.74) is 1.75. The minimum Gasteiger partial charge on any atom is -0.315 e. The SMILES string of the molecule is Cc1cc(C2CNCCC2=O)ncn1. The molecule has 0 radical (unpaired) electrons. The highest BCUT2D eigenvalue weighted by Gasteiger charge is 2.24. The van der Waals surface area contributed by atoms with Gasteiger partial charge >= 0.3 is 0 Å². The molecule has 1 aliphatic heterocycles. The van der Waals surface area contributed by atoms with Gasteiger partial charge in [-0.3, -0.25) is 4.79 Å². The van der Waals surface area contributed by atoms with Gasteiger partial charge in [0.25, 0.3) is 0 Å². The Balaban J connectivity index is 2.24. The van der Waals surface area contributed by atoms with Crippen LogP contribution in [0.15, 0.2) is 12.4 Å².